The average molecular weight is 363 g/mol. The molecule has 144 valence electrons. The van der Waals surface area contributed by atoms with E-state index >= 15 is 0 Å². The molecule has 2 unspecified atom stereocenters. The maximum Gasteiger partial charge on any atom is 0.258 e. The molecular formula is C20H29NO5. The largest absolute Gasteiger partial charge is 0.509 e. The second kappa shape index (κ2) is 7.16. The summed E-state index contributed by atoms with van der Waals surface area (Å²) in [6, 6.07) is 0. The Morgan fingerprint density at radius 1 is 1.42 bits per heavy atom. The number of carbonyl (C=O) groups excluding carboxylic acids is 2. The number of aliphatic hydroxyl groups is 2. The van der Waals surface area contributed by atoms with Crippen molar-refractivity contribution in [3.63, 3.8) is 0 Å². The van der Waals surface area contributed by atoms with Crippen LogP contribution in [0.25, 0.3) is 0 Å². The minimum absolute atomic E-state index is 0.000297. The number of rotatable bonds is 4. The van der Waals surface area contributed by atoms with E-state index in [9.17, 15) is 19.8 Å². The summed E-state index contributed by atoms with van der Waals surface area (Å²) in [6.07, 6.45) is 2.63. The Bertz CT molecular complexity index is 667. The molecule has 0 aromatic carbocycles. The van der Waals surface area contributed by atoms with E-state index in [-0.39, 0.29) is 47.3 Å². The molecule has 0 radical (unpaired) electrons. The monoisotopic (exact) mass is 363 g/mol. The molecule has 1 saturated carbocycles. The van der Waals surface area contributed by atoms with Crippen molar-refractivity contribution in [3.05, 3.63) is 23.0 Å². The number of hydrogen-bond donors (Lipinski definition) is 3. The van der Waals surface area contributed by atoms with Gasteiger partial charge in [-0.25, -0.2) is 0 Å². The van der Waals surface area contributed by atoms with Crippen LogP contribution in [0.15, 0.2) is 23.0 Å². The second-order valence-electron chi connectivity index (χ2n) is 7.96. The van der Waals surface area contributed by atoms with Gasteiger partial charge in [-0.15, -0.1) is 0 Å². The van der Waals surface area contributed by atoms with E-state index in [1.165, 1.54) is 0 Å². The molecule has 26 heavy (non-hydrogen) atoms. The standard InChI is InChI=1S/C20H29NO5/c1-5-12-9(2)6-11-7-10(3)17(23)19(26-4)14(11)15(12)18(24)16-13(22)8-21-20(16)25/h6,10-12,14-15,17,19,22-23H,5,7-8H2,1-4H3,(H,21,25)/t10-,11+,12+,14-,15?,17?,19+/m0/s1. The van der Waals surface area contributed by atoms with Gasteiger partial charge in [0.15, 0.2) is 5.78 Å². The van der Waals surface area contributed by atoms with Crippen LogP contribution in [0.2, 0.25) is 0 Å². The number of hydrogen-bond acceptors (Lipinski definition) is 5. The zero-order valence-electron chi connectivity index (χ0n) is 15.9. The fourth-order valence-electron chi connectivity index (χ4n) is 5.31. The number of allylic oxidation sites excluding steroid dienone is 2. The SMILES string of the molecule is CC[C@@H]1C(C)=C[C@@H]2C[C@H](C)C(O)[C@H](OC)[C@@H]2C1C(=O)C1=C(O)CNC1=O. The minimum atomic E-state index is -0.652. The summed E-state index contributed by atoms with van der Waals surface area (Å²) in [4.78, 5) is 25.5. The van der Waals surface area contributed by atoms with Crippen molar-refractivity contribution in [3.8, 4) is 0 Å². The lowest BCUT2D eigenvalue weighted by Crippen LogP contribution is -2.55. The highest BCUT2D eigenvalue weighted by Crippen LogP contribution is 2.50. The molecule has 0 saturated heterocycles. The highest BCUT2D eigenvalue weighted by atomic mass is 16.5. The Balaban J connectivity index is 2.07. The van der Waals surface area contributed by atoms with Crippen LogP contribution >= 0.6 is 0 Å². The van der Waals surface area contributed by atoms with E-state index in [0.29, 0.717) is 0 Å². The van der Waals surface area contributed by atoms with Gasteiger partial charge in [0.25, 0.3) is 5.91 Å². The van der Waals surface area contributed by atoms with Crippen molar-refractivity contribution in [2.45, 2.75) is 45.8 Å². The molecule has 7 atom stereocenters. The van der Waals surface area contributed by atoms with Crippen LogP contribution in [0.3, 0.4) is 0 Å². The van der Waals surface area contributed by atoms with Crippen LogP contribution < -0.4 is 5.32 Å². The summed E-state index contributed by atoms with van der Waals surface area (Å²) in [6.45, 7) is 6.05. The van der Waals surface area contributed by atoms with Gasteiger partial charge in [0, 0.05) is 18.9 Å². The summed E-state index contributed by atoms with van der Waals surface area (Å²) < 4.78 is 5.66. The maximum atomic E-state index is 13.4. The molecule has 0 aromatic heterocycles. The van der Waals surface area contributed by atoms with Crippen LogP contribution in [0, 0.1) is 29.6 Å². The van der Waals surface area contributed by atoms with Gasteiger partial charge in [-0.2, -0.15) is 0 Å². The zero-order chi connectivity index (χ0) is 19.2. The molecule has 0 aromatic rings. The van der Waals surface area contributed by atoms with Gasteiger partial charge in [-0.05, 0) is 37.5 Å². The quantitative estimate of drug-likeness (QED) is 0.522. The molecule has 3 N–H and O–H groups in total. The molecule has 6 nitrogen and oxygen atoms in total. The molecule has 2 aliphatic carbocycles. The molecule has 1 aliphatic heterocycles. The molecule has 3 aliphatic rings. The lowest BCUT2D eigenvalue weighted by molar-refractivity contribution is -0.146. The minimum Gasteiger partial charge on any atom is -0.509 e. The molecule has 6 heteroatoms. The fourth-order valence-corrected chi connectivity index (χ4v) is 5.31. The predicted octanol–water partition coefficient (Wildman–Crippen LogP) is 1.75. The highest BCUT2D eigenvalue weighted by molar-refractivity contribution is 6.22. The van der Waals surface area contributed by atoms with Gasteiger partial charge in [0.2, 0.25) is 0 Å². The van der Waals surface area contributed by atoms with Crippen LogP contribution in [-0.4, -0.2) is 47.8 Å². The third-order valence-corrected chi connectivity index (χ3v) is 6.54. The van der Waals surface area contributed by atoms with Gasteiger partial charge in [-0.3, -0.25) is 9.59 Å². The smallest absolute Gasteiger partial charge is 0.258 e. The summed E-state index contributed by atoms with van der Waals surface area (Å²) in [5.41, 5.74) is 1.02. The second-order valence-corrected chi connectivity index (χ2v) is 7.96. The first kappa shape index (κ1) is 19.1. The van der Waals surface area contributed by atoms with Crippen molar-refractivity contribution in [1.29, 1.82) is 0 Å². The van der Waals surface area contributed by atoms with Crippen LogP contribution in [0.1, 0.15) is 33.6 Å². The number of aliphatic hydroxyl groups excluding tert-OH is 2. The van der Waals surface area contributed by atoms with Crippen LogP contribution in [0.4, 0.5) is 0 Å². The van der Waals surface area contributed by atoms with E-state index < -0.39 is 24.0 Å². The summed E-state index contributed by atoms with van der Waals surface area (Å²) >= 11 is 0. The summed E-state index contributed by atoms with van der Waals surface area (Å²) in [7, 11) is 1.57. The van der Waals surface area contributed by atoms with Gasteiger partial charge >= 0.3 is 0 Å². The number of ether oxygens (including phenoxy) is 1. The van der Waals surface area contributed by atoms with Crippen molar-refractivity contribution >= 4 is 11.7 Å². The molecule has 0 spiro atoms. The van der Waals surface area contributed by atoms with Crippen molar-refractivity contribution in [2.24, 2.45) is 29.6 Å². The first-order chi connectivity index (χ1) is 12.3. The lowest BCUT2D eigenvalue weighted by Gasteiger charge is -2.50. The van der Waals surface area contributed by atoms with Gasteiger partial charge < -0.3 is 20.3 Å². The number of Topliss-reactive ketones (excluding diaryl/α,β-unsaturated/α-hetero) is 1. The topological polar surface area (TPSA) is 95.9 Å². The average Bonchev–Trinajstić information content (AvgIpc) is 2.93. The summed E-state index contributed by atoms with van der Waals surface area (Å²) in [5.74, 6) is -1.55. The first-order valence-electron chi connectivity index (χ1n) is 9.45. The van der Waals surface area contributed by atoms with Gasteiger partial charge in [0.1, 0.15) is 11.3 Å². The lowest BCUT2D eigenvalue weighted by atomic mass is 9.57. The Morgan fingerprint density at radius 3 is 2.65 bits per heavy atom. The molecule has 1 fully saturated rings. The third kappa shape index (κ3) is 2.89. The predicted molar refractivity (Wildman–Crippen MR) is 96.3 cm³/mol. The maximum absolute atomic E-state index is 13.4. The van der Waals surface area contributed by atoms with E-state index in [2.05, 4.69) is 11.4 Å². The number of ketones is 1. The Labute approximate surface area is 154 Å². The van der Waals surface area contributed by atoms with Gasteiger partial charge in [-0.1, -0.05) is 25.5 Å². The fraction of sp³-hybridized carbons (Fsp3) is 0.700. The van der Waals surface area contributed by atoms with Crippen LogP contribution in [-0.2, 0) is 14.3 Å². The van der Waals surface area contributed by atoms with E-state index in [1.54, 1.807) is 7.11 Å². The molecule has 3 rings (SSSR count). The third-order valence-electron chi connectivity index (χ3n) is 6.54. The Hall–Kier alpha value is -1.66. The van der Waals surface area contributed by atoms with E-state index in [0.717, 1.165) is 18.4 Å². The Morgan fingerprint density at radius 2 is 2.12 bits per heavy atom. The molecule has 0 bridgehead atoms. The van der Waals surface area contributed by atoms with E-state index in [4.69, 9.17) is 4.74 Å². The van der Waals surface area contributed by atoms with E-state index in [1.807, 2.05) is 20.8 Å². The number of methoxy groups -OCH3 is 1. The normalized spacial score (nSPS) is 40.1. The first-order valence-corrected chi connectivity index (χ1v) is 9.45. The molecule has 1 heterocycles. The number of amides is 1. The summed E-state index contributed by atoms with van der Waals surface area (Å²) in [5, 5.41) is 23.3. The van der Waals surface area contributed by atoms with Gasteiger partial charge in [0.05, 0.1) is 18.8 Å². The number of nitrogens with one attached hydrogen (secondary N) is 1. The molecule has 1 amide bonds. The van der Waals surface area contributed by atoms with Crippen molar-refractivity contribution in [1.82, 2.24) is 5.32 Å². The molecular weight excluding hydrogens is 334 g/mol. The zero-order valence-corrected chi connectivity index (χ0v) is 15.9. The highest BCUT2D eigenvalue weighted by Gasteiger charge is 2.53. The number of carbonyl (C=O) groups is 2. The van der Waals surface area contributed by atoms with Crippen molar-refractivity contribution < 1.29 is 24.5 Å². The number of fused-ring (bicyclic) bond motifs is 1. The Kier molecular flexibility index (Phi) is 5.26. The van der Waals surface area contributed by atoms with Crippen molar-refractivity contribution in [2.75, 3.05) is 13.7 Å². The van der Waals surface area contributed by atoms with Crippen LogP contribution in [0.5, 0.6) is 0 Å².